The summed E-state index contributed by atoms with van der Waals surface area (Å²) in [5.74, 6) is -0.582. The minimum Gasteiger partial charge on any atom is -0.357 e. The van der Waals surface area contributed by atoms with E-state index in [9.17, 15) is 13.2 Å². The molecule has 1 aliphatic rings. The van der Waals surface area contributed by atoms with Gasteiger partial charge in [-0.25, -0.2) is 0 Å². The maximum absolute atomic E-state index is 12.9. The van der Waals surface area contributed by atoms with Crippen LogP contribution in [0.2, 0.25) is 0 Å². The Bertz CT molecular complexity index is 735. The number of aryl methyl sites for hydroxylation is 1. The lowest BCUT2D eigenvalue weighted by Crippen LogP contribution is -2.09. The van der Waals surface area contributed by atoms with E-state index < -0.39 is 12.0 Å². The smallest absolute Gasteiger partial charge is 0.357 e. The molecule has 0 bridgehead atoms. The maximum atomic E-state index is 12.9. The Balaban J connectivity index is 2.14. The molecule has 0 atom stereocenters. The summed E-state index contributed by atoms with van der Waals surface area (Å²) < 4.78 is 39.9. The van der Waals surface area contributed by atoms with Crippen LogP contribution in [0.15, 0.2) is 17.0 Å². The molecule has 1 fully saturated rings. The Kier molecular flexibility index (Phi) is 4.03. The zero-order valence-electron chi connectivity index (χ0n) is 12.8. The zero-order chi connectivity index (χ0) is 16.8. The fraction of sp³-hybridized carbons (Fsp3) is 0.467. The number of aromatic nitrogens is 3. The van der Waals surface area contributed by atoms with Gasteiger partial charge in [-0.15, -0.1) is 17.7 Å². The van der Waals surface area contributed by atoms with Gasteiger partial charge >= 0.3 is 6.18 Å². The van der Waals surface area contributed by atoms with Gasteiger partial charge in [0.1, 0.15) is 0 Å². The molecule has 1 aliphatic carbocycles. The Hall–Kier alpha value is -1.70. The van der Waals surface area contributed by atoms with Crippen LogP contribution in [-0.4, -0.2) is 21.8 Å². The summed E-state index contributed by atoms with van der Waals surface area (Å²) in [5, 5.41) is 6.32. The molecule has 0 amide bonds. The molecule has 0 aliphatic heterocycles. The molecule has 1 saturated carbocycles. The predicted octanol–water partition coefficient (Wildman–Crippen LogP) is 4.06. The highest BCUT2D eigenvalue weighted by atomic mass is 32.1. The van der Waals surface area contributed by atoms with Crippen molar-refractivity contribution in [3.8, 4) is 5.69 Å². The topological polar surface area (TPSA) is 42.7 Å². The average Bonchev–Trinajstić information content (AvgIpc) is 3.23. The number of benzene rings is 1. The number of hydrogen-bond acceptors (Lipinski definition) is 4. The standard InChI is InChI=1S/C15H17F3N4S/c1-3-8-6-10(9-4-5-9)12(23)7-11(8)22-14(19-2)20-13(21-22)15(16,17)18/h6-7,9,23H,3-5H2,1-2H3,(H,19,20,21). The summed E-state index contributed by atoms with van der Waals surface area (Å²) in [5.41, 5.74) is 2.67. The Labute approximate surface area is 137 Å². The van der Waals surface area contributed by atoms with E-state index >= 15 is 0 Å². The van der Waals surface area contributed by atoms with E-state index in [2.05, 4.69) is 28.0 Å². The van der Waals surface area contributed by atoms with Crippen molar-refractivity contribution in [1.82, 2.24) is 14.8 Å². The molecular formula is C15H17F3N4S. The van der Waals surface area contributed by atoms with Crippen LogP contribution in [0.5, 0.6) is 0 Å². The van der Waals surface area contributed by atoms with Crippen LogP contribution >= 0.6 is 12.6 Å². The quantitative estimate of drug-likeness (QED) is 0.824. The molecule has 124 valence electrons. The number of hydrogen-bond donors (Lipinski definition) is 2. The van der Waals surface area contributed by atoms with Gasteiger partial charge in [0.15, 0.2) is 0 Å². The second-order valence-corrected chi connectivity index (χ2v) is 6.07. The molecule has 23 heavy (non-hydrogen) atoms. The predicted molar refractivity (Wildman–Crippen MR) is 84.5 cm³/mol. The van der Waals surface area contributed by atoms with Crippen molar-refractivity contribution in [2.45, 2.75) is 43.2 Å². The minimum absolute atomic E-state index is 0.0546. The number of thiol groups is 1. The van der Waals surface area contributed by atoms with E-state index in [-0.39, 0.29) is 5.95 Å². The van der Waals surface area contributed by atoms with E-state index in [0.29, 0.717) is 18.0 Å². The lowest BCUT2D eigenvalue weighted by Gasteiger charge is -2.14. The largest absolute Gasteiger partial charge is 0.453 e. The van der Waals surface area contributed by atoms with E-state index in [4.69, 9.17) is 0 Å². The van der Waals surface area contributed by atoms with Gasteiger partial charge in [-0.2, -0.15) is 22.8 Å². The molecule has 8 heteroatoms. The number of halogens is 3. The minimum atomic E-state index is -4.58. The number of nitrogens with one attached hydrogen (secondary N) is 1. The summed E-state index contributed by atoms with van der Waals surface area (Å²) in [6, 6.07) is 3.81. The van der Waals surface area contributed by atoms with Crippen LogP contribution in [0.25, 0.3) is 5.69 Å². The summed E-state index contributed by atoms with van der Waals surface area (Å²) in [7, 11) is 1.52. The molecule has 4 nitrogen and oxygen atoms in total. The first-order valence-electron chi connectivity index (χ1n) is 7.43. The van der Waals surface area contributed by atoms with Crippen molar-refractivity contribution in [3.63, 3.8) is 0 Å². The zero-order valence-corrected chi connectivity index (χ0v) is 13.7. The highest BCUT2D eigenvalue weighted by Crippen LogP contribution is 2.44. The fourth-order valence-corrected chi connectivity index (χ4v) is 2.97. The van der Waals surface area contributed by atoms with Crippen molar-refractivity contribution in [2.75, 3.05) is 12.4 Å². The van der Waals surface area contributed by atoms with Crippen molar-refractivity contribution in [3.05, 3.63) is 29.1 Å². The third-order valence-corrected chi connectivity index (χ3v) is 4.33. The van der Waals surface area contributed by atoms with Gasteiger partial charge in [0.2, 0.25) is 5.95 Å². The molecule has 0 saturated heterocycles. The van der Waals surface area contributed by atoms with Crippen molar-refractivity contribution in [2.24, 2.45) is 0 Å². The molecule has 3 rings (SSSR count). The third kappa shape index (κ3) is 3.04. The number of anilines is 1. The van der Waals surface area contributed by atoms with Gasteiger partial charge in [-0.05, 0) is 42.4 Å². The SMILES string of the molecule is CCc1cc(C2CC2)c(S)cc1-n1nc(C(F)(F)F)nc1NC. The Morgan fingerprint density at radius 1 is 1.35 bits per heavy atom. The average molecular weight is 342 g/mol. The summed E-state index contributed by atoms with van der Waals surface area (Å²) in [6.07, 6.45) is -1.62. The van der Waals surface area contributed by atoms with Gasteiger partial charge in [0.05, 0.1) is 5.69 Å². The second-order valence-electron chi connectivity index (χ2n) is 5.59. The summed E-state index contributed by atoms with van der Waals surface area (Å²) in [4.78, 5) is 4.33. The lowest BCUT2D eigenvalue weighted by atomic mass is 10.0. The van der Waals surface area contributed by atoms with Gasteiger partial charge < -0.3 is 5.32 Å². The first kappa shape index (κ1) is 16.2. The van der Waals surface area contributed by atoms with Crippen LogP contribution in [0.4, 0.5) is 19.1 Å². The second kappa shape index (κ2) is 5.74. The van der Waals surface area contributed by atoms with Crippen LogP contribution in [-0.2, 0) is 12.6 Å². The Morgan fingerprint density at radius 2 is 2.04 bits per heavy atom. The van der Waals surface area contributed by atoms with Gasteiger partial charge in [0.25, 0.3) is 5.82 Å². The number of nitrogens with zero attached hydrogens (tertiary/aromatic N) is 3. The normalized spacial score (nSPS) is 15.0. The molecule has 0 radical (unpaired) electrons. The first-order valence-corrected chi connectivity index (χ1v) is 7.88. The Morgan fingerprint density at radius 3 is 2.57 bits per heavy atom. The molecule has 1 N–H and O–H groups in total. The van der Waals surface area contributed by atoms with Crippen molar-refractivity contribution < 1.29 is 13.2 Å². The molecule has 1 aromatic carbocycles. The molecular weight excluding hydrogens is 325 g/mol. The lowest BCUT2D eigenvalue weighted by molar-refractivity contribution is -0.144. The third-order valence-electron chi connectivity index (χ3n) is 3.94. The van der Waals surface area contributed by atoms with E-state index in [1.807, 2.05) is 13.0 Å². The molecule has 1 heterocycles. The van der Waals surface area contributed by atoms with Gasteiger partial charge in [-0.1, -0.05) is 13.0 Å². The van der Waals surface area contributed by atoms with Crippen LogP contribution in [0.1, 0.15) is 42.6 Å². The van der Waals surface area contributed by atoms with E-state index in [0.717, 1.165) is 28.9 Å². The fourth-order valence-electron chi connectivity index (χ4n) is 2.60. The van der Waals surface area contributed by atoms with Gasteiger partial charge in [-0.3, -0.25) is 0 Å². The van der Waals surface area contributed by atoms with Gasteiger partial charge in [0, 0.05) is 11.9 Å². The number of alkyl halides is 3. The molecule has 1 aromatic heterocycles. The first-order chi connectivity index (χ1) is 10.8. The maximum Gasteiger partial charge on any atom is 0.453 e. The van der Waals surface area contributed by atoms with E-state index in [1.54, 1.807) is 6.07 Å². The number of rotatable bonds is 4. The highest BCUT2D eigenvalue weighted by molar-refractivity contribution is 7.80. The summed E-state index contributed by atoms with van der Waals surface area (Å²) >= 11 is 4.51. The van der Waals surface area contributed by atoms with Crippen LogP contribution in [0.3, 0.4) is 0 Å². The van der Waals surface area contributed by atoms with Crippen LogP contribution < -0.4 is 5.32 Å². The van der Waals surface area contributed by atoms with E-state index in [1.165, 1.54) is 11.7 Å². The van der Waals surface area contributed by atoms with Crippen molar-refractivity contribution in [1.29, 1.82) is 0 Å². The van der Waals surface area contributed by atoms with Crippen molar-refractivity contribution >= 4 is 18.6 Å². The summed E-state index contributed by atoms with van der Waals surface area (Å²) in [6.45, 7) is 1.97. The van der Waals surface area contributed by atoms with Crippen LogP contribution in [0, 0.1) is 0 Å². The highest BCUT2D eigenvalue weighted by Gasteiger charge is 2.37. The molecule has 0 unspecified atom stereocenters. The monoisotopic (exact) mass is 342 g/mol. The molecule has 0 spiro atoms. The molecule has 2 aromatic rings.